The highest BCUT2D eigenvalue weighted by Gasteiger charge is 2.48. The largest absolute Gasteiger partial charge is 0.381 e. The monoisotopic (exact) mass is 249 g/mol. The van der Waals surface area contributed by atoms with Crippen LogP contribution in [0.25, 0.3) is 0 Å². The molecule has 1 N–H and O–H groups in total. The van der Waals surface area contributed by atoms with E-state index in [2.05, 4.69) is 35.1 Å². The maximum Gasteiger partial charge on any atom is 0.230 e. The van der Waals surface area contributed by atoms with E-state index in [1.807, 2.05) is 0 Å². The summed E-state index contributed by atoms with van der Waals surface area (Å²) in [6.07, 6.45) is 1.19. The van der Waals surface area contributed by atoms with Crippen molar-refractivity contribution >= 4 is 21.8 Å². The lowest BCUT2D eigenvalue weighted by Crippen LogP contribution is -2.61. The molecule has 0 aromatic heterocycles. The number of nitrogens with one attached hydrogen (secondary N) is 1. The highest BCUT2D eigenvalue weighted by molar-refractivity contribution is 9.09. The molecular formula is C9H16BrNO2. The van der Waals surface area contributed by atoms with Crippen molar-refractivity contribution in [3.63, 3.8) is 0 Å². The van der Waals surface area contributed by atoms with E-state index in [0.717, 1.165) is 6.42 Å². The summed E-state index contributed by atoms with van der Waals surface area (Å²) in [4.78, 5) is 11.1. The van der Waals surface area contributed by atoms with E-state index in [-0.39, 0.29) is 23.5 Å². The Kier molecular flexibility index (Phi) is 3.35. The highest BCUT2D eigenvalue weighted by Crippen LogP contribution is 2.42. The van der Waals surface area contributed by atoms with Gasteiger partial charge in [0, 0.05) is 18.6 Å². The van der Waals surface area contributed by atoms with Crippen LogP contribution in [-0.2, 0) is 9.53 Å². The van der Waals surface area contributed by atoms with Gasteiger partial charge in [-0.2, -0.15) is 0 Å². The van der Waals surface area contributed by atoms with Gasteiger partial charge in [-0.05, 0) is 6.42 Å². The molecule has 1 rings (SSSR count). The van der Waals surface area contributed by atoms with Crippen LogP contribution in [0.3, 0.4) is 0 Å². The van der Waals surface area contributed by atoms with Crippen molar-refractivity contribution in [3.8, 4) is 0 Å². The molecule has 0 spiro atoms. The van der Waals surface area contributed by atoms with Crippen molar-refractivity contribution < 1.29 is 9.53 Å². The van der Waals surface area contributed by atoms with Crippen LogP contribution in [0.5, 0.6) is 0 Å². The Hall–Kier alpha value is -0.0900. The summed E-state index contributed by atoms with van der Waals surface area (Å²) in [6.45, 7) is 4.23. The van der Waals surface area contributed by atoms with E-state index in [0.29, 0.717) is 5.33 Å². The summed E-state index contributed by atoms with van der Waals surface area (Å²) >= 11 is 3.12. The molecule has 0 bridgehead atoms. The maximum atomic E-state index is 11.1. The quantitative estimate of drug-likeness (QED) is 0.767. The van der Waals surface area contributed by atoms with Crippen LogP contribution < -0.4 is 5.32 Å². The first-order valence-corrected chi connectivity index (χ1v) is 5.52. The van der Waals surface area contributed by atoms with Gasteiger partial charge in [0.05, 0.1) is 11.4 Å². The lowest BCUT2D eigenvalue weighted by molar-refractivity contribution is -0.130. The Morgan fingerprint density at radius 3 is 2.69 bits per heavy atom. The van der Waals surface area contributed by atoms with Crippen molar-refractivity contribution in [2.24, 2.45) is 5.41 Å². The summed E-state index contributed by atoms with van der Waals surface area (Å²) < 4.78 is 5.28. The number of carbonyl (C=O) groups excluding carboxylic acids is 1. The molecule has 0 aromatic rings. The van der Waals surface area contributed by atoms with Crippen molar-refractivity contribution in [2.45, 2.75) is 32.4 Å². The number of ether oxygens (including phenoxy) is 1. The first kappa shape index (κ1) is 11.0. The van der Waals surface area contributed by atoms with Crippen LogP contribution >= 0.6 is 15.9 Å². The zero-order valence-corrected chi connectivity index (χ0v) is 9.85. The molecule has 1 aliphatic rings. The van der Waals surface area contributed by atoms with Gasteiger partial charge in [0.1, 0.15) is 0 Å². The molecule has 0 aliphatic heterocycles. The van der Waals surface area contributed by atoms with E-state index in [1.54, 1.807) is 7.11 Å². The third-order valence-electron chi connectivity index (χ3n) is 2.92. The van der Waals surface area contributed by atoms with Crippen LogP contribution in [0.1, 0.15) is 20.3 Å². The number of carbonyl (C=O) groups is 1. The molecule has 76 valence electrons. The minimum absolute atomic E-state index is 0.0487. The van der Waals surface area contributed by atoms with Gasteiger partial charge in [0.25, 0.3) is 0 Å². The molecular weight excluding hydrogens is 234 g/mol. The Morgan fingerprint density at radius 2 is 2.31 bits per heavy atom. The number of rotatable bonds is 3. The third-order valence-corrected chi connectivity index (χ3v) is 3.43. The molecule has 3 nitrogen and oxygen atoms in total. The first-order chi connectivity index (χ1) is 6.02. The van der Waals surface area contributed by atoms with E-state index in [9.17, 15) is 4.79 Å². The molecule has 1 fully saturated rings. The van der Waals surface area contributed by atoms with Crippen LogP contribution in [0.2, 0.25) is 0 Å². The van der Waals surface area contributed by atoms with Gasteiger partial charge in [-0.3, -0.25) is 4.79 Å². The van der Waals surface area contributed by atoms with E-state index < -0.39 is 0 Å². The van der Waals surface area contributed by atoms with Gasteiger partial charge < -0.3 is 10.1 Å². The smallest absolute Gasteiger partial charge is 0.230 e. The van der Waals surface area contributed by atoms with Crippen LogP contribution in [0, 0.1) is 5.41 Å². The number of hydrogen-bond donors (Lipinski definition) is 1. The zero-order valence-electron chi connectivity index (χ0n) is 8.26. The highest BCUT2D eigenvalue weighted by atomic mass is 79.9. The lowest BCUT2D eigenvalue weighted by Gasteiger charge is -2.51. The van der Waals surface area contributed by atoms with Crippen LogP contribution in [-0.4, -0.2) is 30.5 Å². The summed E-state index contributed by atoms with van der Waals surface area (Å²) in [5, 5.41) is 3.33. The molecule has 4 heteroatoms. The van der Waals surface area contributed by atoms with E-state index >= 15 is 0 Å². The molecule has 1 amide bonds. The number of halogens is 1. The maximum absolute atomic E-state index is 11.1. The number of hydrogen-bond acceptors (Lipinski definition) is 2. The van der Waals surface area contributed by atoms with Gasteiger partial charge in [0.15, 0.2) is 0 Å². The number of amides is 1. The summed E-state index contributed by atoms with van der Waals surface area (Å²) in [5.74, 6) is 0.0487. The summed E-state index contributed by atoms with van der Waals surface area (Å²) in [5.41, 5.74) is 0.0621. The number of methoxy groups -OCH3 is 1. The van der Waals surface area contributed by atoms with Crippen LogP contribution in [0.15, 0.2) is 0 Å². The topological polar surface area (TPSA) is 38.3 Å². The fraction of sp³-hybridized carbons (Fsp3) is 0.889. The predicted octanol–water partition coefficient (Wildman–Crippen LogP) is 1.31. The van der Waals surface area contributed by atoms with Gasteiger partial charge >= 0.3 is 0 Å². The molecule has 1 saturated carbocycles. The summed E-state index contributed by atoms with van der Waals surface area (Å²) in [7, 11) is 1.72. The molecule has 2 atom stereocenters. The summed E-state index contributed by atoms with van der Waals surface area (Å²) in [6, 6.07) is 0.252. The second-order valence-corrected chi connectivity index (χ2v) is 4.60. The molecule has 0 saturated heterocycles. The SMILES string of the molecule is COC1CC(NC(=O)CBr)C1(C)C. The molecule has 0 radical (unpaired) electrons. The average Bonchev–Trinajstić information content (AvgIpc) is 2.10. The second-order valence-electron chi connectivity index (χ2n) is 4.04. The molecule has 0 heterocycles. The van der Waals surface area contributed by atoms with Crippen molar-refractivity contribution in [1.29, 1.82) is 0 Å². The molecule has 0 aromatic carbocycles. The van der Waals surface area contributed by atoms with E-state index in [4.69, 9.17) is 4.74 Å². The first-order valence-electron chi connectivity index (χ1n) is 4.40. The standard InChI is InChI=1S/C9H16BrNO2/c1-9(2)6(4-7(9)13-3)11-8(12)5-10/h6-7H,4-5H2,1-3H3,(H,11,12). The average molecular weight is 250 g/mol. The normalized spacial score (nSPS) is 30.8. The Bertz CT molecular complexity index is 206. The minimum atomic E-state index is 0.0487. The zero-order chi connectivity index (χ0) is 10.1. The number of alkyl halides is 1. The Morgan fingerprint density at radius 1 is 1.69 bits per heavy atom. The Labute approximate surface area is 87.3 Å². The lowest BCUT2D eigenvalue weighted by atomic mass is 9.64. The molecule has 13 heavy (non-hydrogen) atoms. The van der Waals surface area contributed by atoms with Gasteiger partial charge in [-0.15, -0.1) is 0 Å². The van der Waals surface area contributed by atoms with Gasteiger partial charge in [0.2, 0.25) is 5.91 Å². The van der Waals surface area contributed by atoms with Crippen molar-refractivity contribution in [1.82, 2.24) is 5.32 Å². The molecule has 2 unspecified atom stereocenters. The van der Waals surface area contributed by atoms with Crippen molar-refractivity contribution in [2.75, 3.05) is 12.4 Å². The Balaban J connectivity index is 2.44. The predicted molar refractivity (Wildman–Crippen MR) is 54.9 cm³/mol. The molecule has 1 aliphatic carbocycles. The minimum Gasteiger partial charge on any atom is -0.381 e. The second kappa shape index (κ2) is 3.96. The van der Waals surface area contributed by atoms with Gasteiger partial charge in [-0.25, -0.2) is 0 Å². The fourth-order valence-corrected chi connectivity index (χ4v) is 1.93. The van der Waals surface area contributed by atoms with E-state index in [1.165, 1.54) is 0 Å². The fourth-order valence-electron chi connectivity index (χ4n) is 1.76. The van der Waals surface area contributed by atoms with Crippen molar-refractivity contribution in [3.05, 3.63) is 0 Å². The van der Waals surface area contributed by atoms with Gasteiger partial charge in [-0.1, -0.05) is 29.8 Å². The third kappa shape index (κ3) is 2.05. The van der Waals surface area contributed by atoms with Crippen LogP contribution in [0.4, 0.5) is 0 Å².